The number of benzene rings is 1. The standard InChI is InChI=1S/C19H21N3O6/c1-27-16(23)7-9-28-13-10-15(22(11-13)19(25)26)18(24)21-14-6-2-4-12-5-3-8-20-17(12)14/h2-6,8,13,15H,7,9-11H2,1H3,(H,21,24)(H,25,26). The summed E-state index contributed by atoms with van der Waals surface area (Å²) in [5.41, 5.74) is 1.15. The second-order valence-corrected chi connectivity index (χ2v) is 6.38. The molecule has 1 saturated heterocycles. The highest BCUT2D eigenvalue weighted by molar-refractivity contribution is 6.03. The van der Waals surface area contributed by atoms with Crippen molar-refractivity contribution < 1.29 is 29.0 Å². The predicted octanol–water partition coefficient (Wildman–Crippen LogP) is 1.87. The van der Waals surface area contributed by atoms with Crippen LogP contribution in [0, 0.1) is 0 Å². The van der Waals surface area contributed by atoms with Crippen LogP contribution in [0.15, 0.2) is 36.5 Å². The van der Waals surface area contributed by atoms with Gasteiger partial charge in [0.1, 0.15) is 6.04 Å². The molecule has 2 atom stereocenters. The van der Waals surface area contributed by atoms with Crippen LogP contribution in [0.5, 0.6) is 0 Å². The van der Waals surface area contributed by atoms with Crippen LogP contribution in [-0.2, 0) is 19.1 Å². The first-order valence-corrected chi connectivity index (χ1v) is 8.82. The van der Waals surface area contributed by atoms with Crippen molar-refractivity contribution in [2.24, 2.45) is 0 Å². The molecule has 2 amide bonds. The molecule has 9 heteroatoms. The van der Waals surface area contributed by atoms with Crippen molar-refractivity contribution >= 4 is 34.6 Å². The van der Waals surface area contributed by atoms with E-state index in [1.165, 1.54) is 7.11 Å². The van der Waals surface area contributed by atoms with Gasteiger partial charge in [0, 0.05) is 18.0 Å². The summed E-state index contributed by atoms with van der Waals surface area (Å²) < 4.78 is 10.1. The zero-order chi connectivity index (χ0) is 20.1. The predicted molar refractivity (Wildman–Crippen MR) is 99.9 cm³/mol. The minimum atomic E-state index is -1.20. The van der Waals surface area contributed by atoms with Crippen LogP contribution < -0.4 is 5.32 Å². The topological polar surface area (TPSA) is 118 Å². The van der Waals surface area contributed by atoms with E-state index in [1.54, 1.807) is 24.4 Å². The molecule has 2 aromatic rings. The smallest absolute Gasteiger partial charge is 0.408 e. The Bertz CT molecular complexity index is 882. The van der Waals surface area contributed by atoms with Crippen molar-refractivity contribution in [2.75, 3.05) is 25.6 Å². The number of ether oxygens (including phenoxy) is 2. The van der Waals surface area contributed by atoms with E-state index in [-0.39, 0.29) is 26.0 Å². The number of rotatable bonds is 6. The maximum Gasteiger partial charge on any atom is 0.408 e. The first-order chi connectivity index (χ1) is 13.5. The molecule has 2 unspecified atom stereocenters. The molecule has 9 nitrogen and oxygen atoms in total. The van der Waals surface area contributed by atoms with E-state index in [1.807, 2.05) is 12.1 Å². The zero-order valence-electron chi connectivity index (χ0n) is 15.3. The number of fused-ring (bicyclic) bond motifs is 1. The summed E-state index contributed by atoms with van der Waals surface area (Å²) in [4.78, 5) is 40.8. The number of carbonyl (C=O) groups is 3. The Labute approximate surface area is 161 Å². The third kappa shape index (κ3) is 4.37. The zero-order valence-corrected chi connectivity index (χ0v) is 15.3. The Morgan fingerprint density at radius 3 is 2.82 bits per heavy atom. The third-order valence-electron chi connectivity index (χ3n) is 4.59. The van der Waals surface area contributed by atoms with E-state index in [0.717, 1.165) is 10.3 Å². The molecular weight excluding hydrogens is 366 g/mol. The number of anilines is 1. The fraction of sp³-hybridized carbons (Fsp3) is 0.368. The van der Waals surface area contributed by atoms with Crippen molar-refractivity contribution in [2.45, 2.75) is 25.0 Å². The van der Waals surface area contributed by atoms with Gasteiger partial charge in [0.05, 0.1) is 44.0 Å². The molecule has 0 spiro atoms. The monoisotopic (exact) mass is 387 g/mol. The molecular formula is C19H21N3O6. The molecule has 2 N–H and O–H groups in total. The minimum absolute atomic E-state index is 0.0579. The van der Waals surface area contributed by atoms with Crippen molar-refractivity contribution in [1.82, 2.24) is 9.88 Å². The first kappa shape index (κ1) is 19.6. The van der Waals surface area contributed by atoms with Crippen molar-refractivity contribution in [1.29, 1.82) is 0 Å². The third-order valence-corrected chi connectivity index (χ3v) is 4.59. The van der Waals surface area contributed by atoms with Gasteiger partial charge in [0.25, 0.3) is 0 Å². The lowest BCUT2D eigenvalue weighted by Gasteiger charge is -2.20. The maximum atomic E-state index is 12.8. The number of aromatic nitrogens is 1. The minimum Gasteiger partial charge on any atom is -0.469 e. The summed E-state index contributed by atoms with van der Waals surface area (Å²) in [6.07, 6.45) is 0.232. The van der Waals surface area contributed by atoms with Crippen LogP contribution in [0.4, 0.5) is 10.5 Å². The molecule has 3 rings (SSSR count). The Hall–Kier alpha value is -3.20. The van der Waals surface area contributed by atoms with Crippen LogP contribution in [0.2, 0.25) is 0 Å². The lowest BCUT2D eigenvalue weighted by molar-refractivity contribution is -0.142. The molecule has 28 heavy (non-hydrogen) atoms. The van der Waals surface area contributed by atoms with Crippen LogP contribution in [0.1, 0.15) is 12.8 Å². The number of nitrogens with zero attached hydrogens (tertiary/aromatic N) is 2. The lowest BCUT2D eigenvalue weighted by atomic mass is 10.1. The van der Waals surface area contributed by atoms with Gasteiger partial charge in [-0.05, 0) is 12.1 Å². The Morgan fingerprint density at radius 1 is 1.29 bits per heavy atom. The fourth-order valence-electron chi connectivity index (χ4n) is 3.21. The van der Waals surface area contributed by atoms with Gasteiger partial charge in [-0.1, -0.05) is 18.2 Å². The van der Waals surface area contributed by atoms with Crippen molar-refractivity contribution in [3.05, 3.63) is 36.5 Å². The maximum absolute atomic E-state index is 12.8. The number of methoxy groups -OCH3 is 1. The van der Waals surface area contributed by atoms with Gasteiger partial charge in [0.15, 0.2) is 0 Å². The van der Waals surface area contributed by atoms with E-state index in [0.29, 0.717) is 11.2 Å². The number of esters is 1. The SMILES string of the molecule is COC(=O)CCOC1CC(C(=O)Nc2cccc3cccnc23)N(C(=O)O)C1. The summed E-state index contributed by atoms with van der Waals surface area (Å²) in [6.45, 7) is 0.161. The fourth-order valence-corrected chi connectivity index (χ4v) is 3.21. The molecule has 1 aliphatic rings. The molecule has 0 bridgehead atoms. The van der Waals surface area contributed by atoms with Crippen molar-refractivity contribution in [3.8, 4) is 0 Å². The highest BCUT2D eigenvalue weighted by Gasteiger charge is 2.40. The van der Waals surface area contributed by atoms with E-state index in [9.17, 15) is 19.5 Å². The Kier molecular flexibility index (Phi) is 6.05. The molecule has 1 aromatic carbocycles. The van der Waals surface area contributed by atoms with Gasteiger partial charge in [-0.3, -0.25) is 19.5 Å². The Morgan fingerprint density at radius 2 is 2.07 bits per heavy atom. The average molecular weight is 387 g/mol. The summed E-state index contributed by atoms with van der Waals surface area (Å²) in [5.74, 6) is -0.856. The number of hydrogen-bond donors (Lipinski definition) is 2. The van der Waals surface area contributed by atoms with Gasteiger partial charge in [0.2, 0.25) is 5.91 Å². The summed E-state index contributed by atoms with van der Waals surface area (Å²) in [6, 6.07) is 8.18. The number of amides is 2. The largest absolute Gasteiger partial charge is 0.469 e. The van der Waals surface area contributed by atoms with Crippen LogP contribution in [0.3, 0.4) is 0 Å². The quantitative estimate of drug-likeness (QED) is 0.727. The van der Waals surface area contributed by atoms with E-state index in [4.69, 9.17) is 4.74 Å². The molecule has 148 valence electrons. The molecule has 0 radical (unpaired) electrons. The number of carbonyl (C=O) groups excluding carboxylic acids is 2. The van der Waals surface area contributed by atoms with E-state index in [2.05, 4.69) is 15.0 Å². The number of pyridine rings is 1. The van der Waals surface area contributed by atoms with Gasteiger partial charge in [-0.2, -0.15) is 0 Å². The van der Waals surface area contributed by atoms with Crippen molar-refractivity contribution in [3.63, 3.8) is 0 Å². The normalized spacial score (nSPS) is 18.8. The van der Waals surface area contributed by atoms with Gasteiger partial charge in [-0.25, -0.2) is 4.79 Å². The summed E-state index contributed by atoms with van der Waals surface area (Å²) in [7, 11) is 1.28. The molecule has 0 aliphatic carbocycles. The number of nitrogens with one attached hydrogen (secondary N) is 1. The van der Waals surface area contributed by atoms with Gasteiger partial charge >= 0.3 is 12.1 Å². The first-order valence-electron chi connectivity index (χ1n) is 8.82. The lowest BCUT2D eigenvalue weighted by Crippen LogP contribution is -2.42. The molecule has 0 saturated carbocycles. The Balaban J connectivity index is 1.68. The van der Waals surface area contributed by atoms with Crippen LogP contribution in [-0.4, -0.2) is 65.4 Å². The van der Waals surface area contributed by atoms with E-state index < -0.39 is 30.1 Å². The van der Waals surface area contributed by atoms with Gasteiger partial charge in [-0.15, -0.1) is 0 Å². The molecule has 2 heterocycles. The second kappa shape index (κ2) is 8.66. The number of likely N-dealkylation sites (tertiary alicyclic amines) is 1. The van der Waals surface area contributed by atoms with Crippen LogP contribution >= 0.6 is 0 Å². The summed E-state index contributed by atoms with van der Waals surface area (Å²) in [5, 5.41) is 13.1. The second-order valence-electron chi connectivity index (χ2n) is 6.38. The number of hydrogen-bond acceptors (Lipinski definition) is 6. The molecule has 1 fully saturated rings. The molecule has 1 aromatic heterocycles. The van der Waals surface area contributed by atoms with Crippen LogP contribution in [0.25, 0.3) is 10.9 Å². The average Bonchev–Trinajstić information content (AvgIpc) is 3.13. The van der Waals surface area contributed by atoms with Gasteiger partial charge < -0.3 is 19.9 Å². The number of para-hydroxylation sites is 1. The number of carboxylic acid groups (broad SMARTS) is 1. The highest BCUT2D eigenvalue weighted by atomic mass is 16.5. The van der Waals surface area contributed by atoms with E-state index >= 15 is 0 Å². The summed E-state index contributed by atoms with van der Waals surface area (Å²) >= 11 is 0. The highest BCUT2D eigenvalue weighted by Crippen LogP contribution is 2.25. The molecule has 1 aliphatic heterocycles.